The fraction of sp³-hybridized carbons (Fsp3) is 0.476. The lowest BCUT2D eigenvalue weighted by molar-refractivity contribution is 0.570. The van der Waals surface area contributed by atoms with Gasteiger partial charge in [0.05, 0.1) is 11.4 Å². The van der Waals surface area contributed by atoms with Crippen LogP contribution in [-0.4, -0.2) is 33.5 Å². The zero-order chi connectivity index (χ0) is 19.2. The Morgan fingerprint density at radius 2 is 2.11 bits per heavy atom. The van der Waals surface area contributed by atoms with Crippen LogP contribution in [0.25, 0.3) is 0 Å². The lowest BCUT2D eigenvalue weighted by Gasteiger charge is -2.22. The molecule has 2 heterocycles. The third kappa shape index (κ3) is 3.81. The van der Waals surface area contributed by atoms with Crippen molar-refractivity contribution in [3.8, 4) is 0 Å². The minimum Gasteiger partial charge on any atom is -0.398 e. The first-order valence-corrected chi connectivity index (χ1v) is 10.1. The molecule has 1 aliphatic heterocycles. The Kier molecular flexibility index (Phi) is 4.62. The monoisotopic (exact) mass is 381 g/mol. The maximum atomic E-state index is 8.71. The van der Waals surface area contributed by atoms with E-state index in [2.05, 4.69) is 53.5 Å². The van der Waals surface area contributed by atoms with Crippen LogP contribution in [0.3, 0.4) is 0 Å². The molecular formula is C21H27N5S. The number of aromatic nitrogens is 2. The fourth-order valence-electron chi connectivity index (χ4n) is 3.91. The van der Waals surface area contributed by atoms with Crippen LogP contribution >= 0.6 is 12.6 Å². The molecule has 0 radical (unpaired) electrons. The number of nitrogen functional groups attached to an aromatic ring is 1. The maximum Gasteiger partial charge on any atom is 0.132 e. The van der Waals surface area contributed by atoms with Crippen molar-refractivity contribution in [3.05, 3.63) is 47.4 Å². The van der Waals surface area contributed by atoms with Crippen LogP contribution in [-0.2, 0) is 6.42 Å². The molecule has 27 heavy (non-hydrogen) atoms. The van der Waals surface area contributed by atoms with Gasteiger partial charge in [-0.3, -0.25) is 5.41 Å². The number of anilines is 2. The van der Waals surface area contributed by atoms with Crippen LogP contribution in [0, 0.1) is 10.8 Å². The summed E-state index contributed by atoms with van der Waals surface area (Å²) in [6, 6.07) is 8.35. The summed E-state index contributed by atoms with van der Waals surface area (Å²) >= 11 is 4.60. The molecule has 6 heteroatoms. The number of thiol groups is 1. The maximum absolute atomic E-state index is 8.71. The van der Waals surface area contributed by atoms with Crippen molar-refractivity contribution in [2.45, 2.75) is 50.8 Å². The molecule has 1 saturated carbocycles. The first kappa shape index (κ1) is 18.3. The summed E-state index contributed by atoms with van der Waals surface area (Å²) in [6.07, 6.45) is 6.17. The first-order valence-electron chi connectivity index (χ1n) is 9.59. The predicted octanol–water partition coefficient (Wildman–Crippen LogP) is 3.71. The molecule has 1 aliphatic carbocycles. The van der Waals surface area contributed by atoms with E-state index in [1.165, 1.54) is 18.4 Å². The summed E-state index contributed by atoms with van der Waals surface area (Å²) in [5.74, 6) is 0.856. The molecule has 1 aromatic heterocycles. The van der Waals surface area contributed by atoms with Crippen LogP contribution < -0.4 is 10.6 Å². The van der Waals surface area contributed by atoms with Crippen LogP contribution in [0.4, 0.5) is 11.5 Å². The van der Waals surface area contributed by atoms with E-state index in [4.69, 9.17) is 11.1 Å². The zero-order valence-electron chi connectivity index (χ0n) is 15.9. The summed E-state index contributed by atoms with van der Waals surface area (Å²) in [5, 5.41) is 9.06. The van der Waals surface area contributed by atoms with Gasteiger partial charge < -0.3 is 10.6 Å². The first-order chi connectivity index (χ1) is 12.8. The third-order valence-electron chi connectivity index (χ3n) is 5.88. The molecule has 0 spiro atoms. The standard InChI is InChI=1S/C21H27N5S/c1-13-7-15(27)11-26(13)19-9-18(24-12-25-19)20(23)16-8-14(3-4-17(16)22)10-21(2)5-6-21/h3-4,8-9,12-13,15,23,27H,5-7,10-11,22H2,1-2H3. The van der Waals surface area contributed by atoms with Gasteiger partial charge in [-0.15, -0.1) is 0 Å². The summed E-state index contributed by atoms with van der Waals surface area (Å²) in [7, 11) is 0. The highest BCUT2D eigenvalue weighted by atomic mass is 32.1. The summed E-state index contributed by atoms with van der Waals surface area (Å²) in [4.78, 5) is 11.0. The van der Waals surface area contributed by atoms with Gasteiger partial charge in [0.1, 0.15) is 12.1 Å². The lowest BCUT2D eigenvalue weighted by Crippen LogP contribution is -2.28. The summed E-state index contributed by atoms with van der Waals surface area (Å²) in [5.41, 5.74) is 10.2. The van der Waals surface area contributed by atoms with Crippen molar-refractivity contribution in [3.63, 3.8) is 0 Å². The van der Waals surface area contributed by atoms with Crippen LogP contribution in [0.1, 0.15) is 49.9 Å². The molecule has 2 fully saturated rings. The van der Waals surface area contributed by atoms with Crippen molar-refractivity contribution < 1.29 is 0 Å². The summed E-state index contributed by atoms with van der Waals surface area (Å²) in [6.45, 7) is 5.37. The highest BCUT2D eigenvalue weighted by molar-refractivity contribution is 7.81. The minimum atomic E-state index is 0.355. The highest BCUT2D eigenvalue weighted by Crippen LogP contribution is 2.47. The smallest absolute Gasteiger partial charge is 0.132 e. The molecule has 1 aromatic carbocycles. The van der Waals surface area contributed by atoms with Crippen molar-refractivity contribution >= 4 is 29.8 Å². The van der Waals surface area contributed by atoms with E-state index in [0.29, 0.717) is 33.8 Å². The second-order valence-electron chi connectivity index (χ2n) is 8.44. The average Bonchev–Trinajstić information content (AvgIpc) is 3.27. The number of nitrogens with two attached hydrogens (primary N) is 1. The quantitative estimate of drug-likeness (QED) is 0.419. The van der Waals surface area contributed by atoms with Gasteiger partial charge in [-0.25, -0.2) is 9.97 Å². The molecule has 2 aromatic rings. The molecule has 2 unspecified atom stereocenters. The van der Waals surface area contributed by atoms with E-state index < -0.39 is 0 Å². The Morgan fingerprint density at radius 1 is 1.33 bits per heavy atom. The minimum absolute atomic E-state index is 0.355. The molecule has 4 rings (SSSR count). The normalized spacial score (nSPS) is 23.4. The molecule has 1 saturated heterocycles. The number of nitrogens with one attached hydrogen (secondary N) is 1. The Morgan fingerprint density at radius 3 is 2.78 bits per heavy atom. The molecule has 3 N–H and O–H groups in total. The van der Waals surface area contributed by atoms with E-state index >= 15 is 0 Å². The number of benzene rings is 1. The van der Waals surface area contributed by atoms with Crippen LogP contribution in [0.15, 0.2) is 30.6 Å². The number of hydrogen-bond acceptors (Lipinski definition) is 6. The van der Waals surface area contributed by atoms with Gasteiger partial charge >= 0.3 is 0 Å². The molecule has 142 valence electrons. The Labute approximate surface area is 166 Å². The largest absolute Gasteiger partial charge is 0.398 e. The molecule has 2 atom stereocenters. The second kappa shape index (κ2) is 6.82. The van der Waals surface area contributed by atoms with Gasteiger partial charge in [0.25, 0.3) is 0 Å². The molecule has 5 nitrogen and oxygen atoms in total. The van der Waals surface area contributed by atoms with Gasteiger partial charge in [-0.1, -0.05) is 13.0 Å². The van der Waals surface area contributed by atoms with Gasteiger partial charge in [0.15, 0.2) is 0 Å². The molecule has 0 amide bonds. The predicted molar refractivity (Wildman–Crippen MR) is 114 cm³/mol. The van der Waals surface area contributed by atoms with Crippen LogP contribution in [0.2, 0.25) is 0 Å². The Hall–Kier alpha value is -2.08. The molecule has 2 aliphatic rings. The number of hydrogen-bond donors (Lipinski definition) is 3. The Balaban J connectivity index is 1.61. The van der Waals surface area contributed by atoms with E-state index in [9.17, 15) is 0 Å². The van der Waals surface area contributed by atoms with E-state index in [1.54, 1.807) is 6.33 Å². The SMILES string of the molecule is CC1CC(S)CN1c1cc(C(=N)c2cc(CC3(C)CC3)ccc2N)ncn1. The van der Waals surface area contributed by atoms with Crippen LogP contribution in [0.5, 0.6) is 0 Å². The van der Waals surface area contributed by atoms with Crippen molar-refractivity contribution in [2.24, 2.45) is 5.41 Å². The van der Waals surface area contributed by atoms with E-state index in [-0.39, 0.29) is 0 Å². The second-order valence-corrected chi connectivity index (χ2v) is 9.17. The van der Waals surface area contributed by atoms with Gasteiger partial charge in [-0.05, 0) is 55.7 Å². The molecule has 0 bridgehead atoms. The summed E-state index contributed by atoms with van der Waals surface area (Å²) < 4.78 is 0. The lowest BCUT2D eigenvalue weighted by atomic mass is 9.95. The van der Waals surface area contributed by atoms with E-state index in [0.717, 1.165) is 30.8 Å². The van der Waals surface area contributed by atoms with Crippen molar-refractivity contribution in [1.82, 2.24) is 9.97 Å². The fourth-order valence-corrected chi connectivity index (χ4v) is 4.39. The number of rotatable bonds is 5. The van der Waals surface area contributed by atoms with Crippen molar-refractivity contribution in [2.75, 3.05) is 17.2 Å². The Bertz CT molecular complexity index is 877. The zero-order valence-corrected chi connectivity index (χ0v) is 16.8. The molecular weight excluding hydrogens is 354 g/mol. The highest BCUT2D eigenvalue weighted by Gasteiger charge is 2.37. The topological polar surface area (TPSA) is 78.9 Å². The van der Waals surface area contributed by atoms with Gasteiger partial charge in [-0.2, -0.15) is 12.6 Å². The van der Waals surface area contributed by atoms with E-state index in [1.807, 2.05) is 12.1 Å². The van der Waals surface area contributed by atoms with Crippen molar-refractivity contribution in [1.29, 1.82) is 5.41 Å². The average molecular weight is 382 g/mol. The third-order valence-corrected chi connectivity index (χ3v) is 6.25. The number of nitrogens with zero attached hydrogens (tertiary/aromatic N) is 3. The van der Waals surface area contributed by atoms with Gasteiger partial charge in [0.2, 0.25) is 0 Å². The van der Waals surface area contributed by atoms with Gasteiger partial charge in [0, 0.05) is 35.2 Å².